The molecule has 2 nitrogen and oxygen atoms in total. The Hall–Kier alpha value is -0.380. The Morgan fingerprint density at radius 3 is 2.95 bits per heavy atom. The average molecular weight is 292 g/mol. The molecule has 2 unspecified atom stereocenters. The molecule has 0 saturated carbocycles. The van der Waals surface area contributed by atoms with Crippen LogP contribution in [0.4, 0.5) is 0 Å². The van der Waals surface area contributed by atoms with Crippen molar-refractivity contribution in [2.75, 3.05) is 26.2 Å². The van der Waals surface area contributed by atoms with Crippen LogP contribution in [0.3, 0.4) is 0 Å². The average Bonchev–Trinajstić information content (AvgIpc) is 2.91. The largest absolute Gasteiger partial charge is 0.299 e. The maximum atomic E-state index is 2.80. The molecule has 2 aliphatic rings. The summed E-state index contributed by atoms with van der Waals surface area (Å²) in [6, 6.07) is 6.05. The van der Waals surface area contributed by atoms with Crippen molar-refractivity contribution in [1.82, 2.24) is 9.80 Å². The van der Waals surface area contributed by atoms with Crippen LogP contribution in [0.15, 0.2) is 17.5 Å². The molecule has 0 aliphatic carbocycles. The summed E-state index contributed by atoms with van der Waals surface area (Å²) in [6.07, 6.45) is 8.22. The third-order valence-corrected chi connectivity index (χ3v) is 5.93. The molecular formula is C17H28N2S. The van der Waals surface area contributed by atoms with Gasteiger partial charge in [-0.05, 0) is 50.2 Å². The molecule has 1 aromatic rings. The molecule has 2 fully saturated rings. The summed E-state index contributed by atoms with van der Waals surface area (Å²) in [5, 5.41) is 2.24. The molecule has 2 saturated heterocycles. The number of nitrogens with zero attached hydrogens (tertiary/aromatic N) is 2. The van der Waals surface area contributed by atoms with Crippen LogP contribution in [0.1, 0.15) is 56.4 Å². The van der Waals surface area contributed by atoms with Gasteiger partial charge in [-0.2, -0.15) is 0 Å². The number of thiophene rings is 1. The number of fused-ring (bicyclic) bond motifs is 1. The van der Waals surface area contributed by atoms with E-state index in [2.05, 4.69) is 34.2 Å². The fourth-order valence-electron chi connectivity index (χ4n) is 3.94. The minimum absolute atomic E-state index is 0.668. The van der Waals surface area contributed by atoms with Gasteiger partial charge in [0.25, 0.3) is 0 Å². The second-order valence-electron chi connectivity index (χ2n) is 6.35. The Morgan fingerprint density at radius 2 is 2.15 bits per heavy atom. The Morgan fingerprint density at radius 1 is 1.25 bits per heavy atom. The van der Waals surface area contributed by atoms with Crippen molar-refractivity contribution in [2.45, 2.75) is 57.5 Å². The van der Waals surface area contributed by atoms with Gasteiger partial charge in [-0.3, -0.25) is 9.80 Å². The van der Waals surface area contributed by atoms with Gasteiger partial charge in [0.05, 0.1) is 0 Å². The van der Waals surface area contributed by atoms with Crippen molar-refractivity contribution < 1.29 is 0 Å². The highest BCUT2D eigenvalue weighted by molar-refractivity contribution is 7.10. The normalized spacial score (nSPS) is 26.9. The minimum Gasteiger partial charge on any atom is -0.299 e. The predicted molar refractivity (Wildman–Crippen MR) is 87.4 cm³/mol. The van der Waals surface area contributed by atoms with Crippen LogP contribution in [0.2, 0.25) is 0 Å². The Bertz CT molecular complexity index is 390. The Kier molecular flexibility index (Phi) is 5.14. The SMILES string of the molecule is CCCC(c1cccs1)N1CCCN2CCCCC2C1. The molecule has 1 aromatic heterocycles. The highest BCUT2D eigenvalue weighted by atomic mass is 32.1. The highest BCUT2D eigenvalue weighted by Crippen LogP contribution is 2.32. The van der Waals surface area contributed by atoms with E-state index in [0.717, 1.165) is 6.04 Å². The van der Waals surface area contributed by atoms with Gasteiger partial charge in [0.2, 0.25) is 0 Å². The summed E-state index contributed by atoms with van der Waals surface area (Å²) in [6.45, 7) is 7.57. The van der Waals surface area contributed by atoms with Crippen LogP contribution in [0, 0.1) is 0 Å². The van der Waals surface area contributed by atoms with Gasteiger partial charge in [-0.25, -0.2) is 0 Å². The molecule has 0 aromatic carbocycles. The second kappa shape index (κ2) is 7.06. The van der Waals surface area contributed by atoms with Crippen molar-refractivity contribution in [3.63, 3.8) is 0 Å². The van der Waals surface area contributed by atoms with E-state index in [4.69, 9.17) is 0 Å². The summed E-state index contributed by atoms with van der Waals surface area (Å²) in [5.74, 6) is 0. The topological polar surface area (TPSA) is 6.48 Å². The van der Waals surface area contributed by atoms with E-state index < -0.39 is 0 Å². The van der Waals surface area contributed by atoms with Gasteiger partial charge < -0.3 is 0 Å². The molecule has 3 rings (SSSR count). The Labute approximate surface area is 127 Å². The number of rotatable bonds is 4. The lowest BCUT2D eigenvalue weighted by Crippen LogP contribution is -2.44. The van der Waals surface area contributed by atoms with Crippen molar-refractivity contribution >= 4 is 11.3 Å². The molecule has 20 heavy (non-hydrogen) atoms. The van der Waals surface area contributed by atoms with Crippen molar-refractivity contribution in [3.8, 4) is 0 Å². The van der Waals surface area contributed by atoms with E-state index in [1.807, 2.05) is 11.3 Å². The molecule has 0 spiro atoms. The van der Waals surface area contributed by atoms with Crippen LogP contribution in [0.5, 0.6) is 0 Å². The number of hydrogen-bond donors (Lipinski definition) is 0. The van der Waals surface area contributed by atoms with Gasteiger partial charge in [0, 0.05) is 30.1 Å². The summed E-state index contributed by atoms with van der Waals surface area (Å²) in [4.78, 5) is 7.14. The summed E-state index contributed by atoms with van der Waals surface area (Å²) >= 11 is 1.95. The zero-order valence-electron chi connectivity index (χ0n) is 12.8. The molecule has 2 aliphatic heterocycles. The molecule has 0 radical (unpaired) electrons. The molecule has 3 heteroatoms. The van der Waals surface area contributed by atoms with Gasteiger partial charge in [-0.1, -0.05) is 25.8 Å². The number of hydrogen-bond acceptors (Lipinski definition) is 3. The zero-order chi connectivity index (χ0) is 13.8. The maximum Gasteiger partial charge on any atom is 0.0442 e. The molecular weight excluding hydrogens is 264 g/mol. The molecule has 112 valence electrons. The summed E-state index contributed by atoms with van der Waals surface area (Å²) < 4.78 is 0. The van der Waals surface area contributed by atoms with Crippen molar-refractivity contribution in [2.24, 2.45) is 0 Å². The lowest BCUT2D eigenvalue weighted by atomic mass is 10.0. The van der Waals surface area contributed by atoms with E-state index >= 15 is 0 Å². The quantitative estimate of drug-likeness (QED) is 0.822. The smallest absolute Gasteiger partial charge is 0.0442 e. The Balaban J connectivity index is 1.73. The first-order chi connectivity index (χ1) is 9.88. The first-order valence-corrected chi connectivity index (χ1v) is 9.28. The maximum absolute atomic E-state index is 2.80. The molecule has 3 heterocycles. The van der Waals surface area contributed by atoms with Gasteiger partial charge in [-0.15, -0.1) is 11.3 Å². The first kappa shape index (κ1) is 14.6. The van der Waals surface area contributed by atoms with Crippen LogP contribution < -0.4 is 0 Å². The third-order valence-electron chi connectivity index (χ3n) is 4.96. The lowest BCUT2D eigenvalue weighted by Gasteiger charge is -2.37. The molecule has 0 N–H and O–H groups in total. The van der Waals surface area contributed by atoms with Gasteiger partial charge in [0.15, 0.2) is 0 Å². The molecule has 2 atom stereocenters. The van der Waals surface area contributed by atoms with Crippen LogP contribution in [-0.2, 0) is 0 Å². The number of piperidine rings is 1. The molecule has 0 amide bonds. The lowest BCUT2D eigenvalue weighted by molar-refractivity contribution is 0.117. The summed E-state index contributed by atoms with van der Waals surface area (Å²) in [5.41, 5.74) is 0. The van der Waals surface area contributed by atoms with E-state index in [1.54, 1.807) is 4.88 Å². The fraction of sp³-hybridized carbons (Fsp3) is 0.765. The van der Waals surface area contributed by atoms with Gasteiger partial charge in [0.1, 0.15) is 0 Å². The van der Waals surface area contributed by atoms with Crippen molar-refractivity contribution in [1.29, 1.82) is 0 Å². The van der Waals surface area contributed by atoms with Gasteiger partial charge >= 0.3 is 0 Å². The van der Waals surface area contributed by atoms with Crippen molar-refractivity contribution in [3.05, 3.63) is 22.4 Å². The predicted octanol–water partition coefficient (Wildman–Crippen LogP) is 4.15. The monoisotopic (exact) mass is 292 g/mol. The van der Waals surface area contributed by atoms with E-state index in [1.165, 1.54) is 64.7 Å². The van der Waals surface area contributed by atoms with Crippen LogP contribution in [0.25, 0.3) is 0 Å². The van der Waals surface area contributed by atoms with E-state index in [9.17, 15) is 0 Å². The fourth-order valence-corrected chi connectivity index (χ4v) is 4.84. The van der Waals surface area contributed by atoms with Crippen LogP contribution >= 0.6 is 11.3 Å². The first-order valence-electron chi connectivity index (χ1n) is 8.40. The summed E-state index contributed by atoms with van der Waals surface area (Å²) in [7, 11) is 0. The third kappa shape index (κ3) is 3.26. The molecule has 0 bridgehead atoms. The second-order valence-corrected chi connectivity index (χ2v) is 7.33. The van der Waals surface area contributed by atoms with E-state index in [0.29, 0.717) is 6.04 Å². The highest BCUT2D eigenvalue weighted by Gasteiger charge is 2.30. The minimum atomic E-state index is 0.668. The van der Waals surface area contributed by atoms with Crippen LogP contribution in [-0.4, -0.2) is 42.0 Å². The zero-order valence-corrected chi connectivity index (χ0v) is 13.6. The van der Waals surface area contributed by atoms with E-state index in [-0.39, 0.29) is 0 Å². The standard InChI is InChI=1S/C17H28N2S/c1-2-7-16(17-9-5-13-20-17)19-12-6-11-18-10-4-3-8-15(18)14-19/h5,9,13,15-16H,2-4,6-8,10-12,14H2,1H3.